The number of amides is 1. The minimum Gasteiger partial charge on any atom is -0.324 e. The van der Waals surface area contributed by atoms with Gasteiger partial charge in [-0.1, -0.05) is 35.5 Å². The lowest BCUT2D eigenvalue weighted by molar-refractivity contribution is -0.385. The quantitative estimate of drug-likeness (QED) is 0.520. The van der Waals surface area contributed by atoms with Gasteiger partial charge in [0.25, 0.3) is 5.69 Å². The summed E-state index contributed by atoms with van der Waals surface area (Å²) in [4.78, 5) is 35.5. The first-order chi connectivity index (χ1) is 11.0. The van der Waals surface area contributed by atoms with Crippen molar-refractivity contribution in [1.82, 2.24) is 0 Å². The summed E-state index contributed by atoms with van der Waals surface area (Å²) in [5.74, 6) is -1.65. The Balaban J connectivity index is 1.93. The Morgan fingerprint density at radius 3 is 2.70 bits per heavy atom. The third kappa shape index (κ3) is 2.93. The van der Waals surface area contributed by atoms with E-state index in [0.717, 1.165) is 11.8 Å². The van der Waals surface area contributed by atoms with E-state index in [0.29, 0.717) is 21.2 Å². The van der Waals surface area contributed by atoms with Crippen molar-refractivity contribution in [2.24, 2.45) is 0 Å². The molecule has 6 nitrogen and oxygen atoms in total. The van der Waals surface area contributed by atoms with Crippen molar-refractivity contribution < 1.29 is 14.5 Å². The molecule has 1 amide bonds. The molecule has 1 heterocycles. The average molecular weight is 349 g/mol. The number of hydrogen-bond donors (Lipinski definition) is 1. The highest BCUT2D eigenvalue weighted by molar-refractivity contribution is 8.14. The predicted molar refractivity (Wildman–Crippen MR) is 86.8 cm³/mol. The number of rotatable bonds is 3. The number of nitrogens with zero attached hydrogens (tertiary/aromatic N) is 1. The van der Waals surface area contributed by atoms with E-state index in [2.05, 4.69) is 5.32 Å². The molecule has 2 aromatic rings. The number of thioether (sulfide) groups is 1. The molecule has 0 fully saturated rings. The van der Waals surface area contributed by atoms with Gasteiger partial charge in [-0.2, -0.15) is 0 Å². The van der Waals surface area contributed by atoms with Crippen molar-refractivity contribution in [3.63, 3.8) is 0 Å². The monoisotopic (exact) mass is 348 g/mol. The van der Waals surface area contributed by atoms with Gasteiger partial charge in [0, 0.05) is 17.0 Å². The molecule has 0 radical (unpaired) electrons. The molecule has 116 valence electrons. The van der Waals surface area contributed by atoms with Crippen LogP contribution in [-0.2, 0) is 9.59 Å². The number of anilines is 1. The first kappa shape index (κ1) is 15.5. The number of nitro groups is 1. The number of fused-ring (bicyclic) bond motifs is 1. The van der Waals surface area contributed by atoms with Gasteiger partial charge in [0.05, 0.1) is 15.6 Å². The number of nitro benzene ring substituents is 1. The molecule has 1 atom stereocenters. The summed E-state index contributed by atoms with van der Waals surface area (Å²) in [6.45, 7) is 0. The first-order valence-electron chi connectivity index (χ1n) is 6.53. The molecule has 0 bridgehead atoms. The minimum atomic E-state index is -1.09. The number of benzene rings is 2. The largest absolute Gasteiger partial charge is 0.324 e. The second kappa shape index (κ2) is 6.02. The summed E-state index contributed by atoms with van der Waals surface area (Å²) >= 11 is 6.89. The molecule has 0 saturated heterocycles. The highest BCUT2D eigenvalue weighted by atomic mass is 35.5. The normalized spacial score (nSPS) is 16.0. The van der Waals surface area contributed by atoms with Gasteiger partial charge in [0.1, 0.15) is 5.92 Å². The van der Waals surface area contributed by atoms with Crippen LogP contribution in [0.4, 0.5) is 11.4 Å². The van der Waals surface area contributed by atoms with Crippen LogP contribution in [0.5, 0.6) is 0 Å². The number of halogens is 1. The third-order valence-corrected chi connectivity index (χ3v) is 4.71. The van der Waals surface area contributed by atoms with Crippen molar-refractivity contribution in [1.29, 1.82) is 0 Å². The number of para-hydroxylation sites is 1. The Kier molecular flexibility index (Phi) is 4.06. The molecule has 0 aromatic heterocycles. The summed E-state index contributed by atoms with van der Waals surface area (Å²) in [5, 5.41) is 13.5. The predicted octanol–water partition coefficient (Wildman–Crippen LogP) is 3.60. The van der Waals surface area contributed by atoms with Crippen LogP contribution in [0.25, 0.3) is 0 Å². The van der Waals surface area contributed by atoms with Crippen molar-refractivity contribution >= 4 is 45.8 Å². The van der Waals surface area contributed by atoms with E-state index in [9.17, 15) is 19.7 Å². The average Bonchev–Trinajstić information content (AvgIpc) is 2.84. The molecule has 0 aliphatic carbocycles. The van der Waals surface area contributed by atoms with E-state index in [1.807, 2.05) is 0 Å². The Morgan fingerprint density at radius 2 is 2.00 bits per heavy atom. The molecule has 1 unspecified atom stereocenters. The number of non-ortho nitro benzene ring substituents is 1. The summed E-state index contributed by atoms with van der Waals surface area (Å²) in [6, 6.07) is 10.7. The lowest BCUT2D eigenvalue weighted by Gasteiger charge is -2.11. The zero-order valence-electron chi connectivity index (χ0n) is 11.5. The first-order valence-corrected chi connectivity index (χ1v) is 7.72. The van der Waals surface area contributed by atoms with Gasteiger partial charge >= 0.3 is 0 Å². The van der Waals surface area contributed by atoms with E-state index >= 15 is 0 Å². The summed E-state index contributed by atoms with van der Waals surface area (Å²) in [7, 11) is 0. The molecule has 2 aromatic carbocycles. The van der Waals surface area contributed by atoms with Crippen LogP contribution in [0.15, 0.2) is 47.4 Å². The zero-order valence-corrected chi connectivity index (χ0v) is 13.1. The highest BCUT2D eigenvalue weighted by Crippen LogP contribution is 2.43. The van der Waals surface area contributed by atoms with Crippen LogP contribution < -0.4 is 5.32 Å². The van der Waals surface area contributed by atoms with Gasteiger partial charge in [-0.3, -0.25) is 19.7 Å². The van der Waals surface area contributed by atoms with Gasteiger partial charge in [-0.15, -0.1) is 0 Å². The Bertz CT molecular complexity index is 840. The number of hydrogen-bond acceptors (Lipinski definition) is 5. The van der Waals surface area contributed by atoms with Crippen LogP contribution in [0.1, 0.15) is 11.5 Å². The van der Waals surface area contributed by atoms with E-state index in [1.165, 1.54) is 18.2 Å². The fraction of sp³-hybridized carbons (Fsp3) is 0.0667. The molecule has 3 rings (SSSR count). The van der Waals surface area contributed by atoms with Gasteiger partial charge < -0.3 is 5.32 Å². The molecule has 0 spiro atoms. The minimum absolute atomic E-state index is 0.158. The second-order valence-corrected chi connectivity index (χ2v) is 6.26. The molecule has 8 heteroatoms. The lowest BCUT2D eigenvalue weighted by atomic mass is 9.99. The summed E-state index contributed by atoms with van der Waals surface area (Å²) in [5.41, 5.74) is 0.573. The van der Waals surface area contributed by atoms with Gasteiger partial charge in [-0.25, -0.2) is 0 Å². The van der Waals surface area contributed by atoms with Gasteiger partial charge in [0.2, 0.25) is 11.0 Å². The smallest absolute Gasteiger partial charge is 0.269 e. The standard InChI is InChI=1S/C15H9ClN2O4S/c16-10-3-1-2-4-11(10)17-14(19)13-9-7-8(18(21)22)5-6-12(9)23-15(13)20/h1-7,13H,(H,17,19). The second-order valence-electron chi connectivity index (χ2n) is 4.80. The van der Waals surface area contributed by atoms with E-state index in [1.54, 1.807) is 24.3 Å². The SMILES string of the molecule is O=C(Nc1ccccc1Cl)C1C(=O)Sc2ccc([N+](=O)[O-])cc21. The van der Waals surface area contributed by atoms with Crippen molar-refractivity contribution in [2.75, 3.05) is 5.32 Å². The Labute approximate surface area is 140 Å². The van der Waals surface area contributed by atoms with Crippen molar-refractivity contribution in [3.8, 4) is 0 Å². The zero-order chi connectivity index (χ0) is 16.6. The van der Waals surface area contributed by atoms with Gasteiger partial charge in [0.15, 0.2) is 0 Å². The number of nitrogens with one attached hydrogen (secondary N) is 1. The topological polar surface area (TPSA) is 89.3 Å². The van der Waals surface area contributed by atoms with Crippen LogP contribution >= 0.6 is 23.4 Å². The molecule has 1 N–H and O–H groups in total. The van der Waals surface area contributed by atoms with E-state index in [-0.39, 0.29) is 10.8 Å². The highest BCUT2D eigenvalue weighted by Gasteiger charge is 2.38. The van der Waals surface area contributed by atoms with Gasteiger partial charge in [-0.05, 0) is 23.8 Å². The molecule has 23 heavy (non-hydrogen) atoms. The van der Waals surface area contributed by atoms with Crippen LogP contribution in [-0.4, -0.2) is 15.9 Å². The number of carbonyl (C=O) groups is 2. The molecule has 1 aliphatic heterocycles. The maximum atomic E-state index is 12.4. The third-order valence-electron chi connectivity index (χ3n) is 3.36. The van der Waals surface area contributed by atoms with Crippen LogP contribution in [0, 0.1) is 10.1 Å². The van der Waals surface area contributed by atoms with Crippen LogP contribution in [0.2, 0.25) is 5.02 Å². The molecular weight excluding hydrogens is 340 g/mol. The lowest BCUT2D eigenvalue weighted by Crippen LogP contribution is -2.24. The fourth-order valence-electron chi connectivity index (χ4n) is 2.28. The molecule has 0 saturated carbocycles. The Morgan fingerprint density at radius 1 is 1.26 bits per heavy atom. The summed E-state index contributed by atoms with van der Waals surface area (Å²) in [6.07, 6.45) is 0. The van der Waals surface area contributed by atoms with E-state index < -0.39 is 16.7 Å². The molecular formula is C15H9ClN2O4S. The van der Waals surface area contributed by atoms with Crippen molar-refractivity contribution in [2.45, 2.75) is 10.8 Å². The maximum absolute atomic E-state index is 12.4. The Hall–Kier alpha value is -2.38. The number of carbonyl (C=O) groups excluding carboxylic acids is 2. The van der Waals surface area contributed by atoms with Crippen LogP contribution in [0.3, 0.4) is 0 Å². The van der Waals surface area contributed by atoms with E-state index in [4.69, 9.17) is 11.6 Å². The fourth-order valence-corrected chi connectivity index (χ4v) is 3.46. The summed E-state index contributed by atoms with van der Waals surface area (Å²) < 4.78 is 0. The van der Waals surface area contributed by atoms with Crippen molar-refractivity contribution in [3.05, 3.63) is 63.2 Å². The maximum Gasteiger partial charge on any atom is 0.269 e. The molecule has 1 aliphatic rings.